The van der Waals surface area contributed by atoms with Crippen LogP contribution in [-0.2, 0) is 25.4 Å². The smallest absolute Gasteiger partial charge is 0.247 e. The van der Waals surface area contributed by atoms with Crippen molar-refractivity contribution in [3.05, 3.63) is 46.1 Å². The summed E-state index contributed by atoms with van der Waals surface area (Å²) in [6.07, 6.45) is 2.50. The van der Waals surface area contributed by atoms with Gasteiger partial charge in [0.2, 0.25) is 17.7 Å². The maximum Gasteiger partial charge on any atom is 0.247 e. The lowest BCUT2D eigenvalue weighted by molar-refractivity contribution is -0.157. The first kappa shape index (κ1) is 28.6. The lowest BCUT2D eigenvalue weighted by Crippen LogP contribution is -2.58. The first-order valence-electron chi connectivity index (χ1n) is 14.1. The van der Waals surface area contributed by atoms with Crippen molar-refractivity contribution in [1.29, 1.82) is 0 Å². The quantitative estimate of drug-likeness (QED) is 0.500. The number of amides is 3. The summed E-state index contributed by atoms with van der Waals surface area (Å²) in [6, 6.07) is 6.67. The third-order valence-corrected chi connectivity index (χ3v) is 9.93. The van der Waals surface area contributed by atoms with Crippen molar-refractivity contribution < 1.29 is 19.5 Å². The molecule has 3 amide bonds. The van der Waals surface area contributed by atoms with Crippen LogP contribution in [0.4, 0.5) is 5.82 Å². The molecular formula is C30H40ClN5O4. The maximum atomic E-state index is 14.2. The van der Waals surface area contributed by atoms with E-state index in [2.05, 4.69) is 5.32 Å². The number of rotatable bonds is 5. The summed E-state index contributed by atoms with van der Waals surface area (Å²) in [5, 5.41) is 20.1. The Bertz CT molecular complexity index is 1350. The van der Waals surface area contributed by atoms with Crippen molar-refractivity contribution in [3.63, 3.8) is 0 Å². The number of hydrogen-bond acceptors (Lipinski definition) is 5. The van der Waals surface area contributed by atoms with E-state index in [4.69, 9.17) is 22.4 Å². The minimum absolute atomic E-state index is 0.0639. The second-order valence-electron chi connectivity index (χ2n) is 13.1. The molecule has 1 aliphatic carbocycles. The molecule has 1 aromatic carbocycles. The first-order valence-corrected chi connectivity index (χ1v) is 14.5. The number of primary amides is 1. The van der Waals surface area contributed by atoms with E-state index in [1.165, 1.54) is 0 Å². The molecular weight excluding hydrogens is 530 g/mol. The van der Waals surface area contributed by atoms with Crippen LogP contribution in [0.2, 0.25) is 5.02 Å². The fourth-order valence-corrected chi connectivity index (χ4v) is 7.60. The Labute approximate surface area is 240 Å². The molecule has 5 rings (SSSR count). The summed E-state index contributed by atoms with van der Waals surface area (Å²) >= 11 is 6.09. The van der Waals surface area contributed by atoms with E-state index in [9.17, 15) is 19.5 Å². The van der Waals surface area contributed by atoms with Gasteiger partial charge in [0, 0.05) is 52.5 Å². The fraction of sp³-hybridized carbons (Fsp3) is 0.600. The minimum Gasteiger partial charge on any atom is -0.384 e. The maximum absolute atomic E-state index is 14.2. The van der Waals surface area contributed by atoms with Crippen LogP contribution < -0.4 is 11.1 Å². The molecule has 3 heterocycles. The zero-order valence-corrected chi connectivity index (χ0v) is 24.7. The lowest BCUT2D eigenvalue weighted by atomic mass is 9.66. The Morgan fingerprint density at radius 2 is 1.88 bits per heavy atom. The molecule has 10 heteroatoms. The number of hydrogen-bond donors (Lipinski definition) is 3. The van der Waals surface area contributed by atoms with Gasteiger partial charge in [-0.2, -0.15) is 5.10 Å². The number of fused-ring (bicyclic) bond motifs is 2. The van der Waals surface area contributed by atoms with Gasteiger partial charge in [-0.05, 0) is 56.2 Å². The van der Waals surface area contributed by atoms with Gasteiger partial charge in [-0.15, -0.1) is 0 Å². The molecule has 2 unspecified atom stereocenters. The highest BCUT2D eigenvalue weighted by atomic mass is 35.5. The predicted octanol–water partition coefficient (Wildman–Crippen LogP) is 4.05. The van der Waals surface area contributed by atoms with Crippen LogP contribution >= 0.6 is 11.6 Å². The number of aromatic nitrogens is 2. The summed E-state index contributed by atoms with van der Waals surface area (Å²) in [4.78, 5) is 40.8. The van der Waals surface area contributed by atoms with Crippen LogP contribution in [0.1, 0.15) is 82.7 Å². The second kappa shape index (κ2) is 9.87. The molecule has 4 N–H and O–H groups in total. The number of anilines is 1. The highest BCUT2D eigenvalue weighted by molar-refractivity contribution is 6.30. The molecule has 3 aliphatic rings. The van der Waals surface area contributed by atoms with Gasteiger partial charge in [0.1, 0.15) is 6.04 Å². The second-order valence-corrected chi connectivity index (χ2v) is 13.5. The summed E-state index contributed by atoms with van der Waals surface area (Å²) in [6.45, 7) is 10.7. The number of aliphatic hydroxyl groups is 1. The molecule has 1 spiro atoms. The van der Waals surface area contributed by atoms with Crippen LogP contribution in [0.15, 0.2) is 24.3 Å². The third-order valence-electron chi connectivity index (χ3n) is 9.68. The molecule has 1 saturated heterocycles. The Balaban J connectivity index is 1.46. The van der Waals surface area contributed by atoms with Gasteiger partial charge in [-0.1, -0.05) is 51.4 Å². The summed E-state index contributed by atoms with van der Waals surface area (Å²) in [7, 11) is 0. The number of piperidine rings is 1. The van der Waals surface area contributed by atoms with Gasteiger partial charge in [-0.3, -0.25) is 19.1 Å². The van der Waals surface area contributed by atoms with Crippen LogP contribution in [0, 0.1) is 24.2 Å². The van der Waals surface area contributed by atoms with E-state index in [1.807, 2.05) is 51.7 Å². The Morgan fingerprint density at radius 1 is 1.20 bits per heavy atom. The van der Waals surface area contributed by atoms with Crippen molar-refractivity contribution in [1.82, 2.24) is 14.7 Å². The first-order chi connectivity index (χ1) is 18.7. The Morgan fingerprint density at radius 3 is 2.45 bits per heavy atom. The number of nitrogens with two attached hydrogens (primary N) is 1. The highest BCUT2D eigenvalue weighted by Crippen LogP contribution is 2.53. The van der Waals surface area contributed by atoms with E-state index in [0.717, 1.165) is 16.8 Å². The molecule has 1 aromatic heterocycles. The van der Waals surface area contributed by atoms with Crippen LogP contribution in [0.5, 0.6) is 0 Å². The number of halogens is 1. The molecule has 4 atom stereocenters. The van der Waals surface area contributed by atoms with Crippen LogP contribution in [-0.4, -0.2) is 50.6 Å². The molecule has 2 aromatic rings. The van der Waals surface area contributed by atoms with Crippen molar-refractivity contribution >= 4 is 35.1 Å². The number of nitrogens with one attached hydrogen (secondary N) is 1. The summed E-state index contributed by atoms with van der Waals surface area (Å²) < 4.78 is 1.77. The van der Waals surface area contributed by atoms with Gasteiger partial charge in [0.05, 0.1) is 5.60 Å². The number of carbonyl (C=O) groups is 3. The van der Waals surface area contributed by atoms with E-state index < -0.39 is 22.5 Å². The SMILES string of the molecule is Cc1c2c(nn1[C@@H](C(=O)N1CC[C@](O)(c3ccc(Cl)cc3)C(C)(C)C1)C(C)C)NC(=O)CC21CCC(C(N)=O)C1. The normalized spacial score (nSPS) is 28.4. The van der Waals surface area contributed by atoms with Gasteiger partial charge in [0.15, 0.2) is 5.82 Å². The van der Waals surface area contributed by atoms with Gasteiger partial charge >= 0.3 is 0 Å². The summed E-state index contributed by atoms with van der Waals surface area (Å²) in [5.74, 6) is -0.412. The molecule has 216 valence electrons. The van der Waals surface area contributed by atoms with Gasteiger partial charge in [-0.25, -0.2) is 0 Å². The zero-order valence-electron chi connectivity index (χ0n) is 24.0. The number of nitrogens with zero attached hydrogens (tertiary/aromatic N) is 3. The lowest BCUT2D eigenvalue weighted by Gasteiger charge is -2.51. The molecule has 2 fully saturated rings. The van der Waals surface area contributed by atoms with Crippen LogP contribution in [0.25, 0.3) is 0 Å². The average Bonchev–Trinajstić information content (AvgIpc) is 3.42. The van der Waals surface area contributed by atoms with E-state index in [-0.39, 0.29) is 36.0 Å². The third kappa shape index (κ3) is 4.51. The Kier molecular flexibility index (Phi) is 7.06. The van der Waals surface area contributed by atoms with Crippen molar-refractivity contribution in [2.45, 2.75) is 83.8 Å². The Hall–Kier alpha value is -2.91. The molecule has 0 bridgehead atoms. The molecule has 2 aliphatic heterocycles. The van der Waals surface area contributed by atoms with Crippen molar-refractivity contribution in [2.75, 3.05) is 18.4 Å². The molecule has 1 saturated carbocycles. The standard InChI is InChI=1S/C30H40ClN5O4/c1-17(2)24(27(39)35-13-12-30(40,28(4,5)16-35)20-6-8-21(31)9-7-20)36-18(3)23-26(34-36)33-22(37)15-29(23)11-10-19(14-29)25(32)38/h6-9,17,19,24,40H,10-16H2,1-5H3,(H2,32,38)(H,33,34,37)/t19?,24-,29?,30+/m1/s1. The van der Waals surface area contributed by atoms with Gasteiger partial charge < -0.3 is 21.1 Å². The number of likely N-dealkylation sites (tertiary alicyclic amines) is 1. The van der Waals surface area contributed by atoms with Crippen molar-refractivity contribution in [2.24, 2.45) is 23.0 Å². The van der Waals surface area contributed by atoms with E-state index in [1.54, 1.807) is 16.8 Å². The van der Waals surface area contributed by atoms with E-state index in [0.29, 0.717) is 49.6 Å². The highest BCUT2D eigenvalue weighted by Gasteiger charge is 2.52. The number of benzene rings is 1. The van der Waals surface area contributed by atoms with Gasteiger partial charge in [0.25, 0.3) is 0 Å². The fourth-order valence-electron chi connectivity index (χ4n) is 7.47. The topological polar surface area (TPSA) is 131 Å². The largest absolute Gasteiger partial charge is 0.384 e. The molecule has 9 nitrogen and oxygen atoms in total. The monoisotopic (exact) mass is 569 g/mol. The van der Waals surface area contributed by atoms with Crippen molar-refractivity contribution in [3.8, 4) is 0 Å². The number of carbonyl (C=O) groups excluding carboxylic acids is 3. The minimum atomic E-state index is -1.11. The predicted molar refractivity (Wildman–Crippen MR) is 153 cm³/mol. The molecule has 0 radical (unpaired) electrons. The van der Waals surface area contributed by atoms with Crippen LogP contribution in [0.3, 0.4) is 0 Å². The average molecular weight is 570 g/mol. The summed E-state index contributed by atoms with van der Waals surface area (Å²) in [5.41, 5.74) is 5.95. The van der Waals surface area contributed by atoms with E-state index >= 15 is 0 Å². The zero-order chi connectivity index (χ0) is 29.2. The molecule has 40 heavy (non-hydrogen) atoms.